The molecule has 16 heavy (non-hydrogen) atoms. The van der Waals surface area contributed by atoms with Gasteiger partial charge in [-0.05, 0) is 30.4 Å². The largest absolute Gasteiger partial charge is 0.481 e. The predicted molar refractivity (Wildman–Crippen MR) is 62.1 cm³/mol. The molecule has 1 aliphatic carbocycles. The molecule has 0 fully saturated rings. The molecule has 0 spiro atoms. The van der Waals surface area contributed by atoms with Crippen molar-refractivity contribution in [1.29, 1.82) is 0 Å². The first kappa shape index (κ1) is 11.1. The smallest absolute Gasteiger partial charge is 0.305 e. The van der Waals surface area contributed by atoms with Crippen molar-refractivity contribution < 1.29 is 9.90 Å². The molecule has 3 nitrogen and oxygen atoms in total. The molecule has 0 saturated carbocycles. The molecule has 0 saturated heterocycles. The Bertz CT molecular complexity index is 403. The van der Waals surface area contributed by atoms with Crippen LogP contribution < -0.4 is 5.73 Å². The second-order valence-corrected chi connectivity index (χ2v) is 4.59. The number of aliphatic carboxylic acids is 1. The van der Waals surface area contributed by atoms with E-state index in [1.807, 2.05) is 18.2 Å². The third kappa shape index (κ3) is 2.09. The Kier molecular flexibility index (Phi) is 2.97. The molecule has 1 aromatic carbocycles. The van der Waals surface area contributed by atoms with E-state index in [-0.39, 0.29) is 6.42 Å². The SMILES string of the molecule is NC1(CC(=O)O)CCCCc2ccccc21. The average molecular weight is 219 g/mol. The van der Waals surface area contributed by atoms with Gasteiger partial charge in [-0.25, -0.2) is 0 Å². The minimum Gasteiger partial charge on any atom is -0.481 e. The standard InChI is InChI=1S/C13H17NO2/c14-13(9-12(15)16)8-4-3-6-10-5-1-2-7-11(10)13/h1-2,5,7H,3-4,6,8-9,14H2,(H,15,16). The van der Waals surface area contributed by atoms with Gasteiger partial charge in [0, 0.05) is 0 Å². The van der Waals surface area contributed by atoms with Crippen LogP contribution in [0.15, 0.2) is 24.3 Å². The van der Waals surface area contributed by atoms with Gasteiger partial charge in [-0.3, -0.25) is 4.79 Å². The summed E-state index contributed by atoms with van der Waals surface area (Å²) in [4.78, 5) is 10.9. The minimum atomic E-state index is -0.820. The summed E-state index contributed by atoms with van der Waals surface area (Å²) in [6, 6.07) is 7.96. The van der Waals surface area contributed by atoms with Gasteiger partial charge in [-0.2, -0.15) is 0 Å². The molecule has 1 atom stereocenters. The first-order chi connectivity index (χ1) is 7.62. The van der Waals surface area contributed by atoms with Crippen molar-refractivity contribution in [1.82, 2.24) is 0 Å². The summed E-state index contributed by atoms with van der Waals surface area (Å²) in [7, 11) is 0. The zero-order valence-corrected chi connectivity index (χ0v) is 9.28. The number of fused-ring (bicyclic) bond motifs is 1. The highest BCUT2D eigenvalue weighted by Crippen LogP contribution is 2.34. The Morgan fingerprint density at radius 3 is 2.88 bits per heavy atom. The molecule has 0 heterocycles. The van der Waals surface area contributed by atoms with Crippen molar-refractivity contribution in [3.63, 3.8) is 0 Å². The molecule has 1 aromatic rings. The first-order valence-corrected chi connectivity index (χ1v) is 5.71. The fraction of sp³-hybridized carbons (Fsp3) is 0.462. The summed E-state index contributed by atoms with van der Waals surface area (Å²) < 4.78 is 0. The van der Waals surface area contributed by atoms with Gasteiger partial charge in [-0.15, -0.1) is 0 Å². The monoisotopic (exact) mass is 219 g/mol. The fourth-order valence-corrected chi connectivity index (χ4v) is 2.57. The second kappa shape index (κ2) is 4.26. The maximum atomic E-state index is 10.9. The predicted octanol–water partition coefficient (Wildman–Crippen LogP) is 2.04. The van der Waals surface area contributed by atoms with E-state index >= 15 is 0 Å². The van der Waals surface area contributed by atoms with E-state index in [9.17, 15) is 4.79 Å². The van der Waals surface area contributed by atoms with Gasteiger partial charge in [0.05, 0.1) is 12.0 Å². The van der Waals surface area contributed by atoms with Gasteiger partial charge in [0.15, 0.2) is 0 Å². The quantitative estimate of drug-likeness (QED) is 0.748. The molecule has 0 aliphatic heterocycles. The molecule has 0 aromatic heterocycles. The summed E-state index contributed by atoms with van der Waals surface area (Å²) >= 11 is 0. The van der Waals surface area contributed by atoms with Crippen molar-refractivity contribution >= 4 is 5.97 Å². The third-order valence-electron chi connectivity index (χ3n) is 3.34. The molecule has 0 radical (unpaired) electrons. The van der Waals surface area contributed by atoms with Gasteiger partial charge >= 0.3 is 5.97 Å². The summed E-state index contributed by atoms with van der Waals surface area (Å²) in [6.45, 7) is 0. The summed E-state index contributed by atoms with van der Waals surface area (Å²) in [6.07, 6.45) is 3.88. The Balaban J connectivity index is 2.42. The Labute approximate surface area is 95.3 Å². The van der Waals surface area contributed by atoms with Gasteiger partial charge in [0.2, 0.25) is 0 Å². The Morgan fingerprint density at radius 1 is 1.38 bits per heavy atom. The molecule has 1 unspecified atom stereocenters. The van der Waals surface area contributed by atoms with Crippen LogP contribution in [-0.4, -0.2) is 11.1 Å². The zero-order valence-electron chi connectivity index (χ0n) is 9.28. The van der Waals surface area contributed by atoms with Crippen molar-refractivity contribution in [2.24, 2.45) is 5.73 Å². The number of aryl methyl sites for hydroxylation is 1. The molecule has 86 valence electrons. The fourth-order valence-electron chi connectivity index (χ4n) is 2.57. The lowest BCUT2D eigenvalue weighted by Gasteiger charge is -2.28. The number of hydrogen-bond donors (Lipinski definition) is 2. The van der Waals surface area contributed by atoms with Crippen LogP contribution in [0.5, 0.6) is 0 Å². The number of benzene rings is 1. The van der Waals surface area contributed by atoms with E-state index in [1.54, 1.807) is 0 Å². The van der Waals surface area contributed by atoms with Gasteiger partial charge in [0.1, 0.15) is 0 Å². The van der Waals surface area contributed by atoms with Gasteiger partial charge in [0.25, 0.3) is 0 Å². The van der Waals surface area contributed by atoms with E-state index in [4.69, 9.17) is 10.8 Å². The third-order valence-corrected chi connectivity index (χ3v) is 3.34. The summed E-state index contributed by atoms with van der Waals surface area (Å²) in [5.74, 6) is -0.820. The van der Waals surface area contributed by atoms with Crippen LogP contribution in [0.2, 0.25) is 0 Å². The number of carboxylic acids is 1. The van der Waals surface area contributed by atoms with Gasteiger partial charge in [-0.1, -0.05) is 30.7 Å². The van der Waals surface area contributed by atoms with E-state index < -0.39 is 11.5 Å². The van der Waals surface area contributed by atoms with Crippen LogP contribution in [0, 0.1) is 0 Å². The highest BCUT2D eigenvalue weighted by Gasteiger charge is 2.33. The minimum absolute atomic E-state index is 0.0179. The van der Waals surface area contributed by atoms with Crippen LogP contribution in [0.3, 0.4) is 0 Å². The van der Waals surface area contributed by atoms with E-state index in [0.29, 0.717) is 0 Å². The second-order valence-electron chi connectivity index (χ2n) is 4.59. The van der Waals surface area contributed by atoms with E-state index in [2.05, 4.69) is 6.07 Å². The number of hydrogen-bond acceptors (Lipinski definition) is 2. The summed E-state index contributed by atoms with van der Waals surface area (Å²) in [5.41, 5.74) is 7.84. The molecular weight excluding hydrogens is 202 g/mol. The molecule has 0 bridgehead atoms. The maximum Gasteiger partial charge on any atom is 0.305 e. The van der Waals surface area contributed by atoms with Crippen LogP contribution in [0.25, 0.3) is 0 Å². The highest BCUT2D eigenvalue weighted by molar-refractivity contribution is 5.69. The Hall–Kier alpha value is -1.35. The average Bonchev–Trinajstić information content (AvgIpc) is 2.38. The lowest BCUT2D eigenvalue weighted by Crippen LogP contribution is -2.39. The number of nitrogens with two attached hydrogens (primary N) is 1. The van der Waals surface area contributed by atoms with Crippen molar-refractivity contribution in [3.05, 3.63) is 35.4 Å². The molecule has 0 amide bonds. The van der Waals surface area contributed by atoms with Crippen LogP contribution >= 0.6 is 0 Å². The van der Waals surface area contributed by atoms with Crippen molar-refractivity contribution in [2.75, 3.05) is 0 Å². The molecule has 1 aliphatic rings. The van der Waals surface area contributed by atoms with E-state index in [1.165, 1.54) is 5.56 Å². The molecule has 2 rings (SSSR count). The lowest BCUT2D eigenvalue weighted by molar-refractivity contribution is -0.138. The number of rotatable bonds is 2. The van der Waals surface area contributed by atoms with Crippen molar-refractivity contribution in [3.8, 4) is 0 Å². The van der Waals surface area contributed by atoms with E-state index in [0.717, 1.165) is 31.2 Å². The number of carbonyl (C=O) groups is 1. The molecule has 3 N–H and O–H groups in total. The maximum absolute atomic E-state index is 10.9. The highest BCUT2D eigenvalue weighted by atomic mass is 16.4. The Morgan fingerprint density at radius 2 is 2.12 bits per heavy atom. The summed E-state index contributed by atoms with van der Waals surface area (Å²) in [5, 5.41) is 8.97. The number of carboxylic acid groups (broad SMARTS) is 1. The topological polar surface area (TPSA) is 63.3 Å². The van der Waals surface area contributed by atoms with Crippen LogP contribution in [0.1, 0.15) is 36.8 Å². The van der Waals surface area contributed by atoms with Crippen LogP contribution in [0.4, 0.5) is 0 Å². The van der Waals surface area contributed by atoms with Gasteiger partial charge < -0.3 is 10.8 Å². The first-order valence-electron chi connectivity index (χ1n) is 5.71. The van der Waals surface area contributed by atoms with Crippen molar-refractivity contribution in [2.45, 2.75) is 37.6 Å². The lowest BCUT2D eigenvalue weighted by atomic mass is 9.83. The normalized spacial score (nSPS) is 24.6. The molecular formula is C13H17NO2. The zero-order chi connectivity index (χ0) is 11.6. The molecule has 3 heteroatoms. The van der Waals surface area contributed by atoms with Crippen LogP contribution in [-0.2, 0) is 16.8 Å².